The van der Waals surface area contributed by atoms with E-state index in [1.165, 1.54) is 0 Å². The average molecular weight is 235 g/mol. The highest BCUT2D eigenvalue weighted by molar-refractivity contribution is 6.35. The van der Waals surface area contributed by atoms with Gasteiger partial charge in [-0.05, 0) is 44.0 Å². The minimum Gasteiger partial charge on any atom is -0.370 e. The lowest BCUT2D eigenvalue weighted by Crippen LogP contribution is -2.02. The molecule has 1 aromatic heterocycles. The van der Waals surface area contributed by atoms with Crippen LogP contribution in [0.4, 0.5) is 5.82 Å². The van der Waals surface area contributed by atoms with Gasteiger partial charge in [0.2, 0.25) is 0 Å². The van der Waals surface area contributed by atoms with Crippen molar-refractivity contribution >= 4 is 28.3 Å². The van der Waals surface area contributed by atoms with E-state index < -0.39 is 0 Å². The molecule has 0 bridgehead atoms. The van der Waals surface area contributed by atoms with E-state index in [1.807, 2.05) is 19.1 Å². The number of nitrogens with one attached hydrogen (secondary N) is 1. The normalized spacial score (nSPS) is 10.8. The van der Waals surface area contributed by atoms with Crippen LogP contribution >= 0.6 is 11.6 Å². The number of anilines is 1. The number of rotatable bonds is 2. The van der Waals surface area contributed by atoms with Crippen LogP contribution in [0, 0.1) is 13.8 Å². The fraction of sp³-hybridized carbons (Fsp3) is 0.308. The Morgan fingerprint density at radius 3 is 2.69 bits per heavy atom. The maximum atomic E-state index is 6.17. The van der Waals surface area contributed by atoms with Crippen LogP contribution in [0.2, 0.25) is 5.02 Å². The standard InChI is InChI=1S/C13H15ClN2/c1-4-15-13-9(3)7-10-11(14)6-5-8(2)12(10)16-13/h5-7H,4H2,1-3H3,(H,15,16). The average Bonchev–Trinajstić information content (AvgIpc) is 2.26. The fourth-order valence-corrected chi connectivity index (χ4v) is 2.02. The zero-order valence-corrected chi connectivity index (χ0v) is 10.5. The summed E-state index contributed by atoms with van der Waals surface area (Å²) in [5.74, 6) is 0.945. The van der Waals surface area contributed by atoms with E-state index >= 15 is 0 Å². The summed E-state index contributed by atoms with van der Waals surface area (Å²) >= 11 is 6.17. The molecule has 0 unspecified atom stereocenters. The maximum absolute atomic E-state index is 6.17. The van der Waals surface area contributed by atoms with E-state index in [2.05, 4.69) is 30.2 Å². The lowest BCUT2D eigenvalue weighted by molar-refractivity contribution is 1.15. The highest BCUT2D eigenvalue weighted by Crippen LogP contribution is 2.28. The van der Waals surface area contributed by atoms with Gasteiger partial charge in [0.25, 0.3) is 0 Å². The third kappa shape index (κ3) is 1.85. The number of pyridine rings is 1. The van der Waals surface area contributed by atoms with Gasteiger partial charge in [-0.3, -0.25) is 0 Å². The van der Waals surface area contributed by atoms with Crippen molar-refractivity contribution in [2.75, 3.05) is 11.9 Å². The monoisotopic (exact) mass is 234 g/mol. The molecule has 0 atom stereocenters. The Labute approximate surface area is 101 Å². The Balaban J connectivity index is 2.73. The van der Waals surface area contributed by atoms with Gasteiger partial charge in [0, 0.05) is 17.0 Å². The van der Waals surface area contributed by atoms with Gasteiger partial charge in [-0.1, -0.05) is 17.7 Å². The van der Waals surface area contributed by atoms with Crippen molar-refractivity contribution in [3.63, 3.8) is 0 Å². The number of fused-ring (bicyclic) bond motifs is 1. The number of halogens is 1. The van der Waals surface area contributed by atoms with Gasteiger partial charge in [-0.2, -0.15) is 0 Å². The van der Waals surface area contributed by atoms with Crippen LogP contribution in [-0.2, 0) is 0 Å². The smallest absolute Gasteiger partial charge is 0.129 e. The zero-order valence-electron chi connectivity index (χ0n) is 9.76. The van der Waals surface area contributed by atoms with Crippen LogP contribution in [0.15, 0.2) is 18.2 Å². The molecule has 0 aliphatic rings. The largest absolute Gasteiger partial charge is 0.370 e. The van der Waals surface area contributed by atoms with Crippen LogP contribution in [0.3, 0.4) is 0 Å². The molecule has 0 saturated carbocycles. The molecule has 0 saturated heterocycles. The Hall–Kier alpha value is -1.28. The first kappa shape index (κ1) is 11.2. The molecule has 0 aliphatic carbocycles. The van der Waals surface area contributed by atoms with Gasteiger partial charge in [0.15, 0.2) is 0 Å². The van der Waals surface area contributed by atoms with Crippen molar-refractivity contribution in [1.82, 2.24) is 4.98 Å². The molecule has 0 radical (unpaired) electrons. The second-order valence-corrected chi connectivity index (χ2v) is 4.35. The second-order valence-electron chi connectivity index (χ2n) is 3.94. The minimum absolute atomic E-state index is 0.763. The molecule has 0 spiro atoms. The molecule has 84 valence electrons. The number of aromatic nitrogens is 1. The molecule has 2 rings (SSSR count). The zero-order chi connectivity index (χ0) is 11.7. The highest BCUT2D eigenvalue weighted by atomic mass is 35.5. The third-order valence-electron chi connectivity index (χ3n) is 2.67. The van der Waals surface area contributed by atoms with Crippen LogP contribution in [0.25, 0.3) is 10.9 Å². The summed E-state index contributed by atoms with van der Waals surface area (Å²) in [6.45, 7) is 7.04. The van der Waals surface area contributed by atoms with Crippen molar-refractivity contribution < 1.29 is 0 Å². The van der Waals surface area contributed by atoms with Gasteiger partial charge < -0.3 is 5.32 Å². The number of hydrogen-bond acceptors (Lipinski definition) is 2. The van der Waals surface area contributed by atoms with Crippen molar-refractivity contribution in [1.29, 1.82) is 0 Å². The van der Waals surface area contributed by atoms with Crippen LogP contribution in [0.5, 0.6) is 0 Å². The molecule has 0 amide bonds. The lowest BCUT2D eigenvalue weighted by Gasteiger charge is -2.10. The summed E-state index contributed by atoms with van der Waals surface area (Å²) in [5, 5.41) is 5.05. The summed E-state index contributed by atoms with van der Waals surface area (Å²) in [5.41, 5.74) is 3.26. The molecule has 3 heteroatoms. The number of benzene rings is 1. The van der Waals surface area contributed by atoms with Gasteiger partial charge in [-0.15, -0.1) is 0 Å². The molecule has 1 heterocycles. The van der Waals surface area contributed by atoms with Crippen molar-refractivity contribution in [2.24, 2.45) is 0 Å². The predicted octanol–water partition coefficient (Wildman–Crippen LogP) is 3.94. The first-order valence-electron chi connectivity index (χ1n) is 5.43. The van der Waals surface area contributed by atoms with E-state index in [0.29, 0.717) is 0 Å². The van der Waals surface area contributed by atoms with Crippen molar-refractivity contribution in [3.8, 4) is 0 Å². The number of hydrogen-bond donors (Lipinski definition) is 1. The van der Waals surface area contributed by atoms with Gasteiger partial charge >= 0.3 is 0 Å². The molecule has 2 aromatic rings. The van der Waals surface area contributed by atoms with Crippen LogP contribution in [-0.4, -0.2) is 11.5 Å². The Morgan fingerprint density at radius 2 is 2.00 bits per heavy atom. The first-order chi connectivity index (χ1) is 7.63. The van der Waals surface area contributed by atoms with Crippen LogP contribution in [0.1, 0.15) is 18.1 Å². The Morgan fingerprint density at radius 1 is 1.25 bits per heavy atom. The molecule has 0 fully saturated rings. The summed E-state index contributed by atoms with van der Waals surface area (Å²) in [4.78, 5) is 4.63. The summed E-state index contributed by atoms with van der Waals surface area (Å²) < 4.78 is 0. The number of aryl methyl sites for hydroxylation is 2. The SMILES string of the molecule is CCNc1nc2c(C)ccc(Cl)c2cc1C. The summed E-state index contributed by atoms with van der Waals surface area (Å²) in [6.07, 6.45) is 0. The molecule has 0 aliphatic heterocycles. The van der Waals surface area contributed by atoms with Gasteiger partial charge in [-0.25, -0.2) is 4.98 Å². The van der Waals surface area contributed by atoms with E-state index in [4.69, 9.17) is 11.6 Å². The quantitative estimate of drug-likeness (QED) is 0.852. The van der Waals surface area contributed by atoms with E-state index in [1.54, 1.807) is 0 Å². The summed E-state index contributed by atoms with van der Waals surface area (Å²) in [7, 11) is 0. The van der Waals surface area contributed by atoms with E-state index in [9.17, 15) is 0 Å². The van der Waals surface area contributed by atoms with Gasteiger partial charge in [0.1, 0.15) is 5.82 Å². The fourth-order valence-electron chi connectivity index (χ4n) is 1.81. The molecular formula is C13H15ClN2. The maximum Gasteiger partial charge on any atom is 0.129 e. The molecule has 1 N–H and O–H groups in total. The van der Waals surface area contributed by atoms with Crippen molar-refractivity contribution in [2.45, 2.75) is 20.8 Å². The topological polar surface area (TPSA) is 24.9 Å². The molecule has 1 aromatic carbocycles. The Kier molecular flexibility index (Phi) is 3.01. The predicted molar refractivity (Wildman–Crippen MR) is 70.4 cm³/mol. The van der Waals surface area contributed by atoms with E-state index in [0.717, 1.165) is 39.4 Å². The first-order valence-corrected chi connectivity index (χ1v) is 5.81. The molecular weight excluding hydrogens is 220 g/mol. The number of nitrogens with zero attached hydrogens (tertiary/aromatic N) is 1. The summed E-state index contributed by atoms with van der Waals surface area (Å²) in [6, 6.07) is 6.02. The third-order valence-corrected chi connectivity index (χ3v) is 3.00. The van der Waals surface area contributed by atoms with Gasteiger partial charge in [0.05, 0.1) is 5.52 Å². The van der Waals surface area contributed by atoms with Crippen LogP contribution < -0.4 is 5.32 Å². The Bertz CT molecular complexity index is 535. The minimum atomic E-state index is 0.763. The second kappa shape index (κ2) is 4.30. The molecule has 2 nitrogen and oxygen atoms in total. The van der Waals surface area contributed by atoms with E-state index in [-0.39, 0.29) is 0 Å². The lowest BCUT2D eigenvalue weighted by atomic mass is 10.1. The molecule has 16 heavy (non-hydrogen) atoms. The van der Waals surface area contributed by atoms with Crippen molar-refractivity contribution in [3.05, 3.63) is 34.3 Å². The highest BCUT2D eigenvalue weighted by Gasteiger charge is 2.07.